The van der Waals surface area contributed by atoms with Crippen LogP contribution in [-0.4, -0.2) is 7.11 Å². The summed E-state index contributed by atoms with van der Waals surface area (Å²) >= 11 is 1.87. The number of hydrogen-bond donors (Lipinski definition) is 0. The third-order valence-corrected chi connectivity index (χ3v) is 5.77. The molecule has 110 valence electrons. The zero-order valence-corrected chi connectivity index (χ0v) is 13.3. The lowest BCUT2D eigenvalue weighted by Gasteiger charge is -2.21. The second kappa shape index (κ2) is 6.49. The lowest BCUT2D eigenvalue weighted by atomic mass is 9.86. The summed E-state index contributed by atoms with van der Waals surface area (Å²) in [6, 6.07) is 8.57. The topological polar surface area (TPSA) is 33.0 Å². The zero-order valence-electron chi connectivity index (χ0n) is 12.5. The summed E-state index contributed by atoms with van der Waals surface area (Å²) in [7, 11) is 1.69. The van der Waals surface area contributed by atoms with Crippen molar-refractivity contribution in [1.29, 1.82) is 5.26 Å². The van der Waals surface area contributed by atoms with Crippen molar-refractivity contribution in [2.45, 2.75) is 44.9 Å². The molecule has 0 spiro atoms. The van der Waals surface area contributed by atoms with Crippen LogP contribution < -0.4 is 4.74 Å². The highest BCUT2D eigenvalue weighted by molar-refractivity contribution is 7.19. The normalized spacial score (nSPS) is 16.0. The Balaban J connectivity index is 1.96. The van der Waals surface area contributed by atoms with Crippen LogP contribution in [0.1, 0.15) is 42.5 Å². The lowest BCUT2D eigenvalue weighted by molar-refractivity contribution is 0.358. The fourth-order valence-corrected chi connectivity index (χ4v) is 4.71. The SMILES string of the molecule is COc1ccc2sc(CC3CCCCC3)c(CC#N)c2c1. The summed E-state index contributed by atoms with van der Waals surface area (Å²) in [4.78, 5) is 1.42. The minimum atomic E-state index is 0.509. The fraction of sp³-hybridized carbons (Fsp3) is 0.500. The third-order valence-electron chi connectivity index (χ3n) is 4.54. The molecule has 0 saturated heterocycles. The molecule has 0 radical (unpaired) electrons. The van der Waals surface area contributed by atoms with Crippen LogP contribution in [0, 0.1) is 17.2 Å². The molecule has 3 heteroatoms. The highest BCUT2D eigenvalue weighted by Gasteiger charge is 2.19. The first-order chi connectivity index (χ1) is 10.3. The second-order valence-corrected chi connectivity index (χ2v) is 7.05. The molecule has 0 atom stereocenters. The zero-order chi connectivity index (χ0) is 14.7. The van der Waals surface area contributed by atoms with E-state index in [9.17, 15) is 5.26 Å². The van der Waals surface area contributed by atoms with E-state index < -0.39 is 0 Å². The predicted octanol–water partition coefficient (Wildman–Crippen LogP) is 5.10. The second-order valence-electron chi connectivity index (χ2n) is 5.91. The first-order valence-corrected chi connectivity index (χ1v) is 8.58. The number of nitrogens with zero attached hydrogens (tertiary/aromatic N) is 1. The monoisotopic (exact) mass is 299 g/mol. The predicted molar refractivity (Wildman–Crippen MR) is 88.0 cm³/mol. The molecule has 0 bridgehead atoms. The largest absolute Gasteiger partial charge is 0.497 e. The molecular formula is C18H21NOS. The maximum absolute atomic E-state index is 9.18. The number of fused-ring (bicyclic) bond motifs is 1. The Morgan fingerprint density at radius 3 is 2.81 bits per heavy atom. The minimum Gasteiger partial charge on any atom is -0.497 e. The van der Waals surface area contributed by atoms with Crippen molar-refractivity contribution in [3.05, 3.63) is 28.6 Å². The fourth-order valence-electron chi connectivity index (χ4n) is 3.40. The highest BCUT2D eigenvalue weighted by Crippen LogP contribution is 2.37. The van der Waals surface area contributed by atoms with E-state index in [1.807, 2.05) is 17.4 Å². The quantitative estimate of drug-likeness (QED) is 0.787. The average Bonchev–Trinajstić information content (AvgIpc) is 2.85. The van der Waals surface area contributed by atoms with Crippen LogP contribution in [0.15, 0.2) is 18.2 Å². The summed E-state index contributed by atoms with van der Waals surface area (Å²) in [5.41, 5.74) is 1.24. The molecule has 1 fully saturated rings. The molecule has 1 heterocycles. The van der Waals surface area contributed by atoms with Crippen LogP contribution in [0.3, 0.4) is 0 Å². The van der Waals surface area contributed by atoms with Gasteiger partial charge in [0.1, 0.15) is 5.75 Å². The Morgan fingerprint density at radius 2 is 2.10 bits per heavy atom. The van der Waals surface area contributed by atoms with Gasteiger partial charge in [0.05, 0.1) is 19.6 Å². The summed E-state index contributed by atoms with van der Waals surface area (Å²) in [6.07, 6.45) is 8.50. The van der Waals surface area contributed by atoms with Crippen LogP contribution in [0.4, 0.5) is 0 Å². The van der Waals surface area contributed by atoms with Gasteiger partial charge in [0.25, 0.3) is 0 Å². The molecule has 1 aliphatic rings. The number of benzene rings is 1. The number of methoxy groups -OCH3 is 1. The standard InChI is InChI=1S/C18H21NOS/c1-20-14-7-8-17-16(12-14)15(9-10-19)18(21-17)11-13-5-3-2-4-6-13/h7-8,12-13H,2-6,9,11H2,1H3. The Hall–Kier alpha value is -1.53. The van der Waals surface area contributed by atoms with E-state index in [0.717, 1.165) is 18.1 Å². The molecule has 0 aliphatic heterocycles. The smallest absolute Gasteiger partial charge is 0.119 e. The van der Waals surface area contributed by atoms with Crippen molar-refractivity contribution in [3.63, 3.8) is 0 Å². The van der Waals surface area contributed by atoms with Crippen LogP contribution in [0.25, 0.3) is 10.1 Å². The van der Waals surface area contributed by atoms with E-state index in [2.05, 4.69) is 18.2 Å². The molecule has 0 unspecified atom stereocenters. The molecule has 21 heavy (non-hydrogen) atoms. The number of rotatable bonds is 4. The van der Waals surface area contributed by atoms with E-state index in [1.54, 1.807) is 7.11 Å². The molecule has 3 rings (SSSR count). The van der Waals surface area contributed by atoms with E-state index in [4.69, 9.17) is 4.74 Å². The van der Waals surface area contributed by atoms with Crippen LogP contribution in [-0.2, 0) is 12.8 Å². The first kappa shape index (κ1) is 14.4. The number of ether oxygens (including phenoxy) is 1. The summed E-state index contributed by atoms with van der Waals surface area (Å²) in [6.45, 7) is 0. The average molecular weight is 299 g/mol. The highest BCUT2D eigenvalue weighted by atomic mass is 32.1. The van der Waals surface area contributed by atoms with E-state index in [-0.39, 0.29) is 0 Å². The molecule has 2 aromatic rings. The number of thiophene rings is 1. The van der Waals surface area contributed by atoms with Gasteiger partial charge in [0.2, 0.25) is 0 Å². The first-order valence-electron chi connectivity index (χ1n) is 7.77. The molecule has 2 nitrogen and oxygen atoms in total. The van der Waals surface area contributed by atoms with Gasteiger partial charge in [-0.3, -0.25) is 0 Å². The Kier molecular flexibility index (Phi) is 4.45. The van der Waals surface area contributed by atoms with Crippen molar-refractivity contribution in [2.75, 3.05) is 7.11 Å². The molecule has 1 aliphatic carbocycles. The van der Waals surface area contributed by atoms with Crippen LogP contribution in [0.5, 0.6) is 5.75 Å². The maximum atomic E-state index is 9.18. The number of nitriles is 1. The number of hydrogen-bond acceptors (Lipinski definition) is 3. The van der Waals surface area contributed by atoms with Gasteiger partial charge in [-0.05, 0) is 36.1 Å². The Morgan fingerprint density at radius 1 is 1.29 bits per heavy atom. The molecule has 1 aromatic heterocycles. The Bertz CT molecular complexity index is 662. The van der Waals surface area contributed by atoms with Gasteiger partial charge >= 0.3 is 0 Å². The molecule has 1 saturated carbocycles. The van der Waals surface area contributed by atoms with Gasteiger partial charge in [-0.1, -0.05) is 32.1 Å². The van der Waals surface area contributed by atoms with Gasteiger partial charge < -0.3 is 4.74 Å². The van der Waals surface area contributed by atoms with Gasteiger partial charge in [-0.25, -0.2) is 0 Å². The summed E-state index contributed by atoms with van der Waals surface area (Å²) < 4.78 is 6.62. The van der Waals surface area contributed by atoms with Gasteiger partial charge in [-0.2, -0.15) is 5.26 Å². The molecule has 0 N–H and O–H groups in total. The van der Waals surface area contributed by atoms with Crippen molar-refractivity contribution < 1.29 is 4.74 Å². The molecular weight excluding hydrogens is 278 g/mol. The molecule has 0 amide bonds. The lowest BCUT2D eigenvalue weighted by Crippen LogP contribution is -2.09. The van der Waals surface area contributed by atoms with E-state index >= 15 is 0 Å². The van der Waals surface area contributed by atoms with E-state index in [1.165, 1.54) is 52.6 Å². The summed E-state index contributed by atoms with van der Waals surface area (Å²) in [5, 5.41) is 10.4. The third kappa shape index (κ3) is 3.06. The maximum Gasteiger partial charge on any atom is 0.119 e. The molecule has 1 aromatic carbocycles. The van der Waals surface area contributed by atoms with Gasteiger partial charge in [0, 0.05) is 15.0 Å². The van der Waals surface area contributed by atoms with Crippen LogP contribution >= 0.6 is 11.3 Å². The van der Waals surface area contributed by atoms with Crippen molar-refractivity contribution >= 4 is 21.4 Å². The Labute approximate surface area is 130 Å². The van der Waals surface area contributed by atoms with Crippen molar-refractivity contribution in [2.24, 2.45) is 5.92 Å². The van der Waals surface area contributed by atoms with Gasteiger partial charge in [0.15, 0.2) is 0 Å². The van der Waals surface area contributed by atoms with Crippen molar-refractivity contribution in [3.8, 4) is 11.8 Å². The van der Waals surface area contributed by atoms with E-state index in [0.29, 0.717) is 6.42 Å². The van der Waals surface area contributed by atoms with Gasteiger partial charge in [-0.15, -0.1) is 11.3 Å². The summed E-state index contributed by atoms with van der Waals surface area (Å²) in [5.74, 6) is 1.69. The van der Waals surface area contributed by atoms with Crippen molar-refractivity contribution in [1.82, 2.24) is 0 Å². The minimum absolute atomic E-state index is 0.509. The van der Waals surface area contributed by atoms with Crippen LogP contribution in [0.2, 0.25) is 0 Å².